The summed E-state index contributed by atoms with van der Waals surface area (Å²) in [6, 6.07) is 0.662. The number of halogens is 1. The molecular weight excluding hydrogens is 268 g/mol. The van der Waals surface area contributed by atoms with Crippen LogP contribution < -0.4 is 0 Å². The molecule has 0 spiro atoms. The maximum atomic E-state index is 5.97. The molecule has 0 aromatic carbocycles. The van der Waals surface area contributed by atoms with Gasteiger partial charge in [-0.05, 0) is 32.6 Å². The molecule has 2 heterocycles. The second kappa shape index (κ2) is 4.15. The predicted octanol–water partition coefficient (Wildman–Crippen LogP) is 3.22. The molecule has 0 amide bonds. The molecule has 0 bridgehead atoms. The van der Waals surface area contributed by atoms with E-state index in [1.54, 1.807) is 0 Å². The minimum atomic E-state index is 0.223. The van der Waals surface area contributed by atoms with Gasteiger partial charge in [-0.25, -0.2) is 0 Å². The Morgan fingerprint density at radius 2 is 2.25 bits per heavy atom. The highest BCUT2D eigenvalue weighted by molar-refractivity contribution is 9.09. The van der Waals surface area contributed by atoms with E-state index in [0.717, 1.165) is 12.8 Å². The first-order chi connectivity index (χ1) is 7.72. The van der Waals surface area contributed by atoms with E-state index in [9.17, 15) is 0 Å². The molecular formula is C12H17BrN2O. The largest absolute Gasteiger partial charge is 0.370 e. The molecule has 1 aromatic heterocycles. The fourth-order valence-electron chi connectivity index (χ4n) is 2.35. The lowest BCUT2D eigenvalue weighted by Gasteiger charge is -2.30. The molecule has 1 aromatic rings. The quantitative estimate of drug-likeness (QED) is 0.780. The van der Waals surface area contributed by atoms with E-state index >= 15 is 0 Å². The van der Waals surface area contributed by atoms with Crippen molar-refractivity contribution in [2.75, 3.05) is 0 Å². The predicted molar refractivity (Wildman–Crippen MR) is 65.7 cm³/mol. The zero-order valence-corrected chi connectivity index (χ0v) is 11.1. The van der Waals surface area contributed by atoms with Crippen molar-refractivity contribution in [2.24, 2.45) is 0 Å². The van der Waals surface area contributed by atoms with E-state index in [2.05, 4.69) is 38.8 Å². The zero-order chi connectivity index (χ0) is 11.1. The Morgan fingerprint density at radius 3 is 2.94 bits per heavy atom. The number of nitrogens with zero attached hydrogens (tertiary/aromatic N) is 2. The lowest BCUT2D eigenvalue weighted by Crippen LogP contribution is -2.26. The maximum absolute atomic E-state index is 5.97. The van der Waals surface area contributed by atoms with Gasteiger partial charge in [-0.2, -0.15) is 5.10 Å². The minimum absolute atomic E-state index is 0.223. The molecule has 2 aliphatic rings. The van der Waals surface area contributed by atoms with Gasteiger partial charge in [0.05, 0.1) is 24.4 Å². The van der Waals surface area contributed by atoms with Crippen molar-refractivity contribution in [3.63, 3.8) is 0 Å². The van der Waals surface area contributed by atoms with Crippen LogP contribution in [-0.4, -0.2) is 20.7 Å². The van der Waals surface area contributed by atoms with Gasteiger partial charge in [0.15, 0.2) is 0 Å². The average Bonchev–Trinajstić information content (AvgIpc) is 2.95. The molecule has 3 nitrogen and oxygen atoms in total. The second-order valence-electron chi connectivity index (χ2n) is 4.99. The number of aromatic nitrogens is 2. The Hall–Kier alpha value is -0.350. The first-order valence-corrected chi connectivity index (χ1v) is 6.97. The van der Waals surface area contributed by atoms with Crippen LogP contribution in [0.2, 0.25) is 0 Å². The summed E-state index contributed by atoms with van der Waals surface area (Å²) in [5.74, 6) is 0. The van der Waals surface area contributed by atoms with Crippen molar-refractivity contribution < 1.29 is 4.74 Å². The smallest absolute Gasteiger partial charge is 0.0869 e. The Labute approximate surface area is 104 Å². The van der Waals surface area contributed by atoms with Crippen LogP contribution in [0, 0.1) is 0 Å². The Morgan fingerprint density at radius 1 is 1.44 bits per heavy atom. The van der Waals surface area contributed by atoms with Crippen molar-refractivity contribution in [3.05, 3.63) is 18.0 Å². The Bertz CT molecular complexity index is 365. The summed E-state index contributed by atoms with van der Waals surface area (Å²) in [5, 5.41) is 4.42. The molecule has 0 unspecified atom stereocenters. The second-order valence-corrected chi connectivity index (χ2v) is 6.28. The Kier molecular flexibility index (Phi) is 2.80. The number of hydrogen-bond donors (Lipinski definition) is 0. The Balaban J connectivity index is 1.74. The van der Waals surface area contributed by atoms with E-state index < -0.39 is 0 Å². The van der Waals surface area contributed by atoms with Gasteiger partial charge >= 0.3 is 0 Å². The van der Waals surface area contributed by atoms with Crippen LogP contribution in [-0.2, 0) is 4.74 Å². The molecule has 3 rings (SSSR count). The summed E-state index contributed by atoms with van der Waals surface area (Å²) >= 11 is 3.71. The van der Waals surface area contributed by atoms with Crippen molar-refractivity contribution in [1.82, 2.24) is 9.78 Å². The highest BCUT2D eigenvalue weighted by atomic mass is 79.9. The van der Waals surface area contributed by atoms with E-state index in [4.69, 9.17) is 4.74 Å². The molecule has 1 saturated heterocycles. The molecule has 0 N–H and O–H groups in total. The van der Waals surface area contributed by atoms with E-state index in [0.29, 0.717) is 17.0 Å². The van der Waals surface area contributed by atoms with Gasteiger partial charge in [0.1, 0.15) is 0 Å². The topological polar surface area (TPSA) is 27.1 Å². The highest BCUT2D eigenvalue weighted by Crippen LogP contribution is 2.37. The van der Waals surface area contributed by atoms with Crippen LogP contribution in [0.4, 0.5) is 0 Å². The lowest BCUT2D eigenvalue weighted by molar-refractivity contribution is -0.0379. The SMILES string of the molecule is C[C@@H]1C[C@H](Br)C[C@H](c2cnn(C3CC3)c2)O1. The zero-order valence-electron chi connectivity index (χ0n) is 9.47. The van der Waals surface area contributed by atoms with Crippen molar-refractivity contribution in [3.8, 4) is 0 Å². The number of ether oxygens (including phenoxy) is 1. The molecule has 3 atom stereocenters. The van der Waals surface area contributed by atoms with Gasteiger partial charge in [-0.1, -0.05) is 15.9 Å². The molecule has 1 saturated carbocycles. The molecule has 1 aliphatic carbocycles. The van der Waals surface area contributed by atoms with Crippen LogP contribution in [0.1, 0.15) is 50.3 Å². The number of hydrogen-bond acceptors (Lipinski definition) is 2. The summed E-state index contributed by atoms with van der Waals surface area (Å²) in [6.45, 7) is 2.14. The minimum Gasteiger partial charge on any atom is -0.370 e. The van der Waals surface area contributed by atoms with Crippen LogP contribution in [0.15, 0.2) is 12.4 Å². The first-order valence-electron chi connectivity index (χ1n) is 6.06. The third kappa shape index (κ3) is 2.18. The van der Waals surface area contributed by atoms with E-state index in [1.165, 1.54) is 18.4 Å². The number of rotatable bonds is 2. The molecule has 88 valence electrons. The summed E-state index contributed by atoms with van der Waals surface area (Å²) in [6.07, 6.45) is 9.43. The summed E-state index contributed by atoms with van der Waals surface area (Å²) in [7, 11) is 0. The fourth-order valence-corrected chi connectivity index (χ4v) is 3.22. The van der Waals surface area contributed by atoms with E-state index in [1.807, 2.05) is 6.20 Å². The summed E-state index contributed by atoms with van der Waals surface area (Å²) < 4.78 is 8.07. The fraction of sp³-hybridized carbons (Fsp3) is 0.750. The van der Waals surface area contributed by atoms with Crippen molar-refractivity contribution in [2.45, 2.75) is 55.7 Å². The molecule has 1 aliphatic heterocycles. The monoisotopic (exact) mass is 284 g/mol. The van der Waals surface area contributed by atoms with Crippen molar-refractivity contribution >= 4 is 15.9 Å². The summed E-state index contributed by atoms with van der Waals surface area (Å²) in [5.41, 5.74) is 1.24. The summed E-state index contributed by atoms with van der Waals surface area (Å²) in [4.78, 5) is 0.575. The van der Waals surface area contributed by atoms with Crippen molar-refractivity contribution in [1.29, 1.82) is 0 Å². The highest BCUT2D eigenvalue weighted by Gasteiger charge is 2.29. The molecule has 0 radical (unpaired) electrons. The first kappa shape index (κ1) is 10.8. The molecule has 4 heteroatoms. The van der Waals surface area contributed by atoms with Gasteiger partial charge in [0.2, 0.25) is 0 Å². The van der Waals surface area contributed by atoms with Gasteiger partial charge in [-0.15, -0.1) is 0 Å². The van der Waals surface area contributed by atoms with Gasteiger partial charge in [0.25, 0.3) is 0 Å². The van der Waals surface area contributed by atoms with Crippen LogP contribution >= 0.6 is 15.9 Å². The van der Waals surface area contributed by atoms with Crippen LogP contribution in [0.3, 0.4) is 0 Å². The van der Waals surface area contributed by atoms with Gasteiger partial charge in [0, 0.05) is 16.6 Å². The van der Waals surface area contributed by atoms with Gasteiger partial charge in [-0.3, -0.25) is 4.68 Å². The van der Waals surface area contributed by atoms with Crippen LogP contribution in [0.5, 0.6) is 0 Å². The molecule has 2 fully saturated rings. The average molecular weight is 285 g/mol. The van der Waals surface area contributed by atoms with E-state index in [-0.39, 0.29) is 6.10 Å². The lowest BCUT2D eigenvalue weighted by atomic mass is 10.0. The molecule has 16 heavy (non-hydrogen) atoms. The standard InChI is InChI=1S/C12H17BrN2O/c1-8-4-10(13)5-12(16-8)9-6-14-15(7-9)11-2-3-11/h6-8,10-12H,2-5H2,1H3/t8-,10+,12-/m1/s1. The number of alkyl halides is 1. The van der Waals surface area contributed by atoms with Crippen LogP contribution in [0.25, 0.3) is 0 Å². The van der Waals surface area contributed by atoms with Gasteiger partial charge < -0.3 is 4.74 Å². The normalized spacial score (nSPS) is 35.2. The maximum Gasteiger partial charge on any atom is 0.0869 e. The third-order valence-electron chi connectivity index (χ3n) is 3.37. The third-order valence-corrected chi connectivity index (χ3v) is 4.12.